The van der Waals surface area contributed by atoms with E-state index in [1.807, 2.05) is 13.0 Å². The normalized spacial score (nSPS) is 14.1. The van der Waals surface area contributed by atoms with Crippen molar-refractivity contribution in [2.75, 3.05) is 0 Å². The minimum absolute atomic E-state index is 0.198. The van der Waals surface area contributed by atoms with E-state index in [0.29, 0.717) is 0 Å². The lowest BCUT2D eigenvalue weighted by molar-refractivity contribution is 1.12. The molecule has 80 valence electrons. The molecule has 0 unspecified atom stereocenters. The fourth-order valence-electron chi connectivity index (χ4n) is 2.13. The summed E-state index contributed by atoms with van der Waals surface area (Å²) in [5.41, 5.74) is 1.35. The van der Waals surface area contributed by atoms with Crippen molar-refractivity contribution in [3.05, 3.63) is 43.7 Å². The highest BCUT2D eigenvalue weighted by molar-refractivity contribution is 7.16. The van der Waals surface area contributed by atoms with E-state index in [0.717, 1.165) is 38.2 Å². The zero-order valence-electron chi connectivity index (χ0n) is 9.12. The summed E-state index contributed by atoms with van der Waals surface area (Å²) in [4.78, 5) is 12.3. The Morgan fingerprint density at radius 3 is 2.88 bits per heavy atom. The second-order valence-electron chi connectivity index (χ2n) is 4.19. The van der Waals surface area contributed by atoms with Gasteiger partial charge in [0.15, 0.2) is 5.43 Å². The average Bonchev–Trinajstić information content (AvgIpc) is 2.31. The Balaban J connectivity index is 2.61. The van der Waals surface area contributed by atoms with Gasteiger partial charge >= 0.3 is 0 Å². The van der Waals surface area contributed by atoms with Crippen molar-refractivity contribution >= 4 is 33.6 Å². The molecule has 16 heavy (non-hydrogen) atoms. The summed E-state index contributed by atoms with van der Waals surface area (Å²) in [7, 11) is 0. The van der Waals surface area contributed by atoms with Gasteiger partial charge in [0.1, 0.15) is 0 Å². The summed E-state index contributed by atoms with van der Waals surface area (Å²) < 4.78 is 2.24. The number of rotatable bonds is 0. The van der Waals surface area contributed by atoms with Crippen LogP contribution in [0.2, 0.25) is 0 Å². The summed E-state index contributed by atoms with van der Waals surface area (Å²) in [5, 5.41) is 1.78. The van der Waals surface area contributed by atoms with Crippen LogP contribution in [0, 0.1) is 6.92 Å². The van der Waals surface area contributed by atoms with Crippen LogP contribution in [0.5, 0.6) is 0 Å². The molecule has 1 aromatic heterocycles. The largest absolute Gasteiger partial charge is 0.289 e. The van der Waals surface area contributed by atoms with Crippen LogP contribution in [0.25, 0.3) is 22.2 Å². The van der Waals surface area contributed by atoms with Crippen LogP contribution >= 0.6 is 11.3 Å². The Labute approximate surface area is 97.4 Å². The SMILES string of the molecule is Cc1ccc2sc3c(c(=O)c2c1)=CCCC=3. The van der Waals surface area contributed by atoms with Crippen molar-refractivity contribution in [2.24, 2.45) is 0 Å². The van der Waals surface area contributed by atoms with E-state index in [4.69, 9.17) is 0 Å². The van der Waals surface area contributed by atoms with Crippen molar-refractivity contribution in [3.63, 3.8) is 0 Å². The molecule has 0 fully saturated rings. The zero-order valence-corrected chi connectivity index (χ0v) is 9.93. The summed E-state index contributed by atoms with van der Waals surface area (Å²) in [6, 6.07) is 6.12. The van der Waals surface area contributed by atoms with E-state index in [9.17, 15) is 4.79 Å². The molecule has 1 nitrogen and oxygen atoms in total. The van der Waals surface area contributed by atoms with Crippen molar-refractivity contribution in [1.82, 2.24) is 0 Å². The minimum Gasteiger partial charge on any atom is -0.289 e. The summed E-state index contributed by atoms with van der Waals surface area (Å²) in [6.07, 6.45) is 6.31. The smallest absolute Gasteiger partial charge is 0.195 e. The van der Waals surface area contributed by atoms with Gasteiger partial charge in [0.25, 0.3) is 0 Å². The van der Waals surface area contributed by atoms with Gasteiger partial charge < -0.3 is 0 Å². The van der Waals surface area contributed by atoms with Gasteiger partial charge in [0.05, 0.1) is 0 Å². The molecular weight excluding hydrogens is 216 g/mol. The predicted molar refractivity (Wildman–Crippen MR) is 70.2 cm³/mol. The van der Waals surface area contributed by atoms with E-state index in [-0.39, 0.29) is 5.43 Å². The van der Waals surface area contributed by atoms with Crippen molar-refractivity contribution < 1.29 is 0 Å². The molecule has 0 N–H and O–H groups in total. The monoisotopic (exact) mass is 228 g/mol. The number of benzene rings is 1. The molecule has 1 heterocycles. The van der Waals surface area contributed by atoms with Crippen LogP contribution in [-0.4, -0.2) is 0 Å². The number of hydrogen-bond acceptors (Lipinski definition) is 2. The molecule has 1 aliphatic carbocycles. The minimum atomic E-state index is 0.198. The maximum atomic E-state index is 12.3. The molecular formula is C14H12OS. The first kappa shape index (κ1) is 9.79. The van der Waals surface area contributed by atoms with Gasteiger partial charge in [0.2, 0.25) is 0 Å². The summed E-state index contributed by atoms with van der Waals surface area (Å²) in [6.45, 7) is 2.03. The first-order valence-electron chi connectivity index (χ1n) is 5.49. The first-order chi connectivity index (χ1) is 7.75. The lowest BCUT2D eigenvalue weighted by Crippen LogP contribution is -2.38. The maximum absolute atomic E-state index is 12.3. The Morgan fingerprint density at radius 1 is 1.19 bits per heavy atom. The standard InChI is InChI=1S/C14H12OS/c1-9-6-7-13-11(8-9)14(15)10-4-2-3-5-12(10)16-13/h4-8H,2-3H2,1H3. The van der Waals surface area contributed by atoms with Gasteiger partial charge in [-0.3, -0.25) is 4.79 Å². The highest BCUT2D eigenvalue weighted by Gasteiger charge is 2.04. The molecule has 0 amide bonds. The quantitative estimate of drug-likeness (QED) is 0.673. The predicted octanol–water partition coefficient (Wildman–Crippen LogP) is 1.92. The lowest BCUT2D eigenvalue weighted by atomic mass is 10.1. The topological polar surface area (TPSA) is 17.1 Å². The van der Waals surface area contributed by atoms with E-state index < -0.39 is 0 Å². The second-order valence-corrected chi connectivity index (χ2v) is 5.28. The zero-order chi connectivity index (χ0) is 11.1. The molecule has 2 aromatic rings. The van der Waals surface area contributed by atoms with Crippen molar-refractivity contribution in [3.8, 4) is 0 Å². The van der Waals surface area contributed by atoms with Gasteiger partial charge in [-0.15, -0.1) is 11.3 Å². The van der Waals surface area contributed by atoms with Gasteiger partial charge in [-0.05, 0) is 31.9 Å². The third-order valence-corrected chi connectivity index (χ3v) is 4.14. The Morgan fingerprint density at radius 2 is 2.00 bits per heavy atom. The van der Waals surface area contributed by atoms with Gasteiger partial charge in [-0.25, -0.2) is 0 Å². The fraction of sp³-hybridized carbons (Fsp3) is 0.214. The molecule has 0 bridgehead atoms. The highest BCUT2D eigenvalue weighted by atomic mass is 32.1. The van der Waals surface area contributed by atoms with Crippen LogP contribution in [0.3, 0.4) is 0 Å². The van der Waals surface area contributed by atoms with Crippen LogP contribution in [0.4, 0.5) is 0 Å². The molecule has 0 spiro atoms. The molecule has 1 aromatic carbocycles. The average molecular weight is 228 g/mol. The van der Waals surface area contributed by atoms with Crippen LogP contribution in [0.1, 0.15) is 18.4 Å². The van der Waals surface area contributed by atoms with Crippen molar-refractivity contribution in [2.45, 2.75) is 19.8 Å². The summed E-state index contributed by atoms with van der Waals surface area (Å²) in [5.74, 6) is 0. The molecule has 0 saturated heterocycles. The van der Waals surface area contributed by atoms with Crippen LogP contribution in [-0.2, 0) is 0 Å². The number of aryl methyl sites for hydroxylation is 1. The van der Waals surface area contributed by atoms with Gasteiger partial charge in [-0.1, -0.05) is 23.8 Å². The van der Waals surface area contributed by atoms with Crippen molar-refractivity contribution in [1.29, 1.82) is 0 Å². The maximum Gasteiger partial charge on any atom is 0.195 e. The van der Waals surface area contributed by atoms with Crippen LogP contribution < -0.4 is 15.2 Å². The number of fused-ring (bicyclic) bond motifs is 2. The molecule has 3 rings (SSSR count). The number of hydrogen-bond donors (Lipinski definition) is 0. The summed E-state index contributed by atoms with van der Waals surface area (Å²) >= 11 is 1.73. The molecule has 0 atom stereocenters. The van der Waals surface area contributed by atoms with E-state index in [1.54, 1.807) is 11.3 Å². The molecule has 0 radical (unpaired) electrons. The van der Waals surface area contributed by atoms with Gasteiger partial charge in [0, 0.05) is 19.8 Å². The molecule has 0 aliphatic heterocycles. The highest BCUT2D eigenvalue weighted by Crippen LogP contribution is 2.13. The van der Waals surface area contributed by atoms with E-state index in [1.165, 1.54) is 0 Å². The third kappa shape index (κ3) is 1.41. The lowest BCUT2D eigenvalue weighted by Gasteiger charge is -2.02. The Bertz CT molecular complexity index is 738. The van der Waals surface area contributed by atoms with Crippen LogP contribution in [0.15, 0.2) is 23.0 Å². The van der Waals surface area contributed by atoms with Gasteiger partial charge in [-0.2, -0.15) is 0 Å². The van der Waals surface area contributed by atoms with E-state index >= 15 is 0 Å². The Kier molecular flexibility index (Phi) is 2.18. The third-order valence-electron chi connectivity index (χ3n) is 2.95. The first-order valence-corrected chi connectivity index (χ1v) is 6.31. The second kappa shape index (κ2) is 3.56. The molecule has 1 aliphatic rings. The van der Waals surface area contributed by atoms with E-state index in [2.05, 4.69) is 24.3 Å². The Hall–Kier alpha value is -1.41. The molecule has 2 heteroatoms. The molecule has 0 saturated carbocycles. The fourth-order valence-corrected chi connectivity index (χ4v) is 3.25.